The van der Waals surface area contributed by atoms with Crippen LogP contribution in [0.4, 0.5) is 5.69 Å². The molecule has 2 aromatic carbocycles. The van der Waals surface area contributed by atoms with Gasteiger partial charge in [-0.05, 0) is 41.5 Å². The minimum Gasteiger partial charge on any atom is -0.295 e. The van der Waals surface area contributed by atoms with Gasteiger partial charge in [-0.15, -0.1) is 0 Å². The Morgan fingerprint density at radius 1 is 1.12 bits per heavy atom. The lowest BCUT2D eigenvalue weighted by atomic mass is 10.0. The van der Waals surface area contributed by atoms with Crippen molar-refractivity contribution >= 4 is 28.4 Å². The van der Waals surface area contributed by atoms with Crippen molar-refractivity contribution in [3.05, 3.63) is 74.2 Å². The molecule has 3 aromatic rings. The molecule has 0 aliphatic rings. The maximum Gasteiger partial charge on any atom is 0.328 e. The molecule has 7 nitrogen and oxygen atoms in total. The van der Waals surface area contributed by atoms with E-state index in [0.29, 0.717) is 11.1 Å². The number of aromatic nitrogens is 2. The smallest absolute Gasteiger partial charge is 0.295 e. The van der Waals surface area contributed by atoms with E-state index in [1.807, 2.05) is 18.2 Å². The fourth-order valence-corrected chi connectivity index (χ4v) is 2.72. The summed E-state index contributed by atoms with van der Waals surface area (Å²) >= 11 is 0. The van der Waals surface area contributed by atoms with Crippen molar-refractivity contribution in [2.24, 2.45) is 14.1 Å². The number of fused-ring (bicyclic) bond motifs is 1. The average molecular weight is 334 g/mol. The SMILES string of the molecule is Cn1c(=O)n(C)c2cc(/C=C(\C#N)c3ccc([N+](=O)[O-])cc3)ccc21. The molecule has 0 aliphatic carbocycles. The molecule has 0 radical (unpaired) electrons. The van der Waals surface area contributed by atoms with Crippen molar-refractivity contribution in [1.29, 1.82) is 5.26 Å². The summed E-state index contributed by atoms with van der Waals surface area (Å²) < 4.78 is 3.11. The highest BCUT2D eigenvalue weighted by Crippen LogP contribution is 2.22. The fraction of sp³-hybridized carbons (Fsp3) is 0.111. The molecule has 0 unspecified atom stereocenters. The van der Waals surface area contributed by atoms with E-state index in [-0.39, 0.29) is 11.4 Å². The predicted octanol–water partition coefficient (Wildman–Crippen LogP) is 2.85. The average Bonchev–Trinajstić information content (AvgIpc) is 2.84. The minimum absolute atomic E-state index is 0.0262. The number of non-ortho nitro benzene ring substituents is 1. The Labute approximate surface area is 142 Å². The Morgan fingerprint density at radius 3 is 2.36 bits per heavy atom. The summed E-state index contributed by atoms with van der Waals surface area (Å²) in [6, 6.07) is 13.4. The Balaban J connectivity index is 2.07. The first-order valence-corrected chi connectivity index (χ1v) is 7.44. The summed E-state index contributed by atoms with van der Waals surface area (Å²) in [5.74, 6) is 0. The molecule has 1 heterocycles. The number of nitriles is 1. The summed E-state index contributed by atoms with van der Waals surface area (Å²) in [6.45, 7) is 0. The number of benzene rings is 2. The monoisotopic (exact) mass is 334 g/mol. The van der Waals surface area contributed by atoms with Crippen LogP contribution in [-0.4, -0.2) is 14.1 Å². The lowest BCUT2D eigenvalue weighted by Gasteiger charge is -2.01. The number of imidazole rings is 1. The summed E-state index contributed by atoms with van der Waals surface area (Å²) in [4.78, 5) is 22.2. The molecule has 0 saturated heterocycles. The van der Waals surface area contributed by atoms with Gasteiger partial charge >= 0.3 is 5.69 Å². The van der Waals surface area contributed by atoms with Crippen LogP contribution in [0.15, 0.2) is 47.3 Å². The second-order valence-electron chi connectivity index (χ2n) is 5.62. The highest BCUT2D eigenvalue weighted by atomic mass is 16.6. The van der Waals surface area contributed by atoms with Crippen molar-refractivity contribution in [3.8, 4) is 6.07 Å². The van der Waals surface area contributed by atoms with Crippen molar-refractivity contribution in [2.75, 3.05) is 0 Å². The van der Waals surface area contributed by atoms with E-state index in [9.17, 15) is 20.2 Å². The van der Waals surface area contributed by atoms with E-state index in [1.54, 1.807) is 41.4 Å². The van der Waals surface area contributed by atoms with Gasteiger partial charge in [0.25, 0.3) is 5.69 Å². The number of aryl methyl sites for hydroxylation is 2. The van der Waals surface area contributed by atoms with Crippen LogP contribution in [0.3, 0.4) is 0 Å². The normalized spacial score (nSPS) is 11.5. The zero-order valence-corrected chi connectivity index (χ0v) is 13.6. The standard InChI is InChI=1S/C18H14N4O3/c1-20-16-8-3-12(10-17(16)21(2)18(20)23)9-14(11-19)13-4-6-15(7-5-13)22(24)25/h3-10H,1-2H3/b14-9+. The lowest BCUT2D eigenvalue weighted by Crippen LogP contribution is -2.19. The first-order valence-electron chi connectivity index (χ1n) is 7.44. The van der Waals surface area contributed by atoms with Crippen LogP contribution in [0, 0.1) is 21.4 Å². The second-order valence-corrected chi connectivity index (χ2v) is 5.62. The third-order valence-corrected chi connectivity index (χ3v) is 4.12. The van der Waals surface area contributed by atoms with Gasteiger partial charge in [0, 0.05) is 26.2 Å². The molecule has 7 heteroatoms. The van der Waals surface area contributed by atoms with E-state index in [4.69, 9.17) is 0 Å². The van der Waals surface area contributed by atoms with Gasteiger partial charge in [0.05, 0.1) is 27.6 Å². The quantitative estimate of drug-likeness (QED) is 0.318. The summed E-state index contributed by atoms with van der Waals surface area (Å²) in [5, 5.41) is 20.1. The van der Waals surface area contributed by atoms with Crippen molar-refractivity contribution in [1.82, 2.24) is 9.13 Å². The first kappa shape index (κ1) is 16.2. The Hall–Kier alpha value is -3.66. The molecule has 0 amide bonds. The zero-order valence-electron chi connectivity index (χ0n) is 13.6. The number of rotatable bonds is 3. The Bertz CT molecular complexity index is 1110. The van der Waals surface area contributed by atoms with E-state index in [2.05, 4.69) is 6.07 Å². The van der Waals surface area contributed by atoms with Gasteiger partial charge in [-0.2, -0.15) is 5.26 Å². The van der Waals surface area contributed by atoms with Crippen LogP contribution in [0.5, 0.6) is 0 Å². The molecule has 0 fully saturated rings. The third-order valence-electron chi connectivity index (χ3n) is 4.12. The van der Waals surface area contributed by atoms with Crippen LogP contribution in [-0.2, 0) is 14.1 Å². The lowest BCUT2D eigenvalue weighted by molar-refractivity contribution is -0.384. The molecule has 0 bridgehead atoms. The van der Waals surface area contributed by atoms with Gasteiger partial charge < -0.3 is 0 Å². The molecule has 25 heavy (non-hydrogen) atoms. The third kappa shape index (κ3) is 2.81. The molecule has 0 spiro atoms. The van der Waals surface area contributed by atoms with Gasteiger partial charge in [-0.25, -0.2) is 4.79 Å². The molecule has 0 saturated carbocycles. The zero-order chi connectivity index (χ0) is 18.1. The van der Waals surface area contributed by atoms with Crippen molar-refractivity contribution in [2.45, 2.75) is 0 Å². The molecule has 1 aromatic heterocycles. The molecule has 124 valence electrons. The van der Waals surface area contributed by atoms with Gasteiger partial charge in [0.1, 0.15) is 0 Å². The van der Waals surface area contributed by atoms with Crippen LogP contribution in [0.1, 0.15) is 11.1 Å². The van der Waals surface area contributed by atoms with E-state index >= 15 is 0 Å². The molecule has 0 atom stereocenters. The first-order chi connectivity index (χ1) is 11.9. The predicted molar refractivity (Wildman–Crippen MR) is 94.7 cm³/mol. The summed E-state index contributed by atoms with van der Waals surface area (Å²) in [7, 11) is 3.40. The number of hydrogen-bond acceptors (Lipinski definition) is 4. The molecule has 3 rings (SSSR count). The largest absolute Gasteiger partial charge is 0.328 e. The van der Waals surface area contributed by atoms with Gasteiger partial charge in [-0.3, -0.25) is 19.2 Å². The maximum absolute atomic E-state index is 12.0. The van der Waals surface area contributed by atoms with Crippen LogP contribution < -0.4 is 5.69 Å². The van der Waals surface area contributed by atoms with Crippen molar-refractivity contribution < 1.29 is 4.92 Å². The van der Waals surface area contributed by atoms with Crippen LogP contribution in [0.2, 0.25) is 0 Å². The minimum atomic E-state index is -0.483. The van der Waals surface area contributed by atoms with Crippen molar-refractivity contribution in [3.63, 3.8) is 0 Å². The number of nitro groups is 1. The number of nitrogens with zero attached hydrogens (tertiary/aromatic N) is 4. The molecular formula is C18H14N4O3. The topological polar surface area (TPSA) is 93.9 Å². The van der Waals surface area contributed by atoms with Crippen LogP contribution in [0.25, 0.3) is 22.7 Å². The molecule has 0 aliphatic heterocycles. The van der Waals surface area contributed by atoms with E-state index in [0.717, 1.165) is 16.6 Å². The number of hydrogen-bond donors (Lipinski definition) is 0. The van der Waals surface area contributed by atoms with E-state index < -0.39 is 4.92 Å². The second kappa shape index (κ2) is 6.09. The maximum atomic E-state index is 12.0. The van der Waals surface area contributed by atoms with Gasteiger partial charge in [-0.1, -0.05) is 6.07 Å². The van der Waals surface area contributed by atoms with Gasteiger partial charge in [0.15, 0.2) is 0 Å². The summed E-state index contributed by atoms with van der Waals surface area (Å²) in [6.07, 6.45) is 1.69. The molecular weight excluding hydrogens is 320 g/mol. The molecule has 0 N–H and O–H groups in total. The number of nitro benzene ring substituents is 1. The Morgan fingerprint density at radius 2 is 1.76 bits per heavy atom. The van der Waals surface area contributed by atoms with Gasteiger partial charge in [0.2, 0.25) is 0 Å². The highest BCUT2D eigenvalue weighted by molar-refractivity contribution is 5.91. The number of allylic oxidation sites excluding steroid dienone is 1. The Kier molecular flexibility index (Phi) is 3.95. The van der Waals surface area contributed by atoms with Crippen LogP contribution >= 0.6 is 0 Å². The van der Waals surface area contributed by atoms with E-state index in [1.165, 1.54) is 12.1 Å². The fourth-order valence-electron chi connectivity index (χ4n) is 2.72. The summed E-state index contributed by atoms with van der Waals surface area (Å²) in [5.41, 5.74) is 3.17. The highest BCUT2D eigenvalue weighted by Gasteiger charge is 2.09.